The molecule has 0 heterocycles. The van der Waals surface area contributed by atoms with E-state index in [4.69, 9.17) is 0 Å². The van der Waals surface area contributed by atoms with Crippen LogP contribution in [0, 0.1) is 11.3 Å². The molecule has 1 aliphatic carbocycles. The second kappa shape index (κ2) is 5.53. The Balaban J connectivity index is 2.41. The molecule has 0 spiro atoms. The lowest BCUT2D eigenvalue weighted by Gasteiger charge is -2.23. The summed E-state index contributed by atoms with van der Waals surface area (Å²) in [6.45, 7) is 7.14. The molecule has 0 aromatic rings. The average Bonchev–Trinajstić information content (AvgIpc) is 2.27. The van der Waals surface area contributed by atoms with Crippen LogP contribution in [0.25, 0.3) is 0 Å². The van der Waals surface area contributed by atoms with E-state index in [-0.39, 0.29) is 0 Å². The van der Waals surface area contributed by atoms with Gasteiger partial charge < -0.3 is 0 Å². The first kappa shape index (κ1) is 12.5. The molecule has 0 N–H and O–H groups in total. The molecule has 2 atom stereocenters. The Labute approximate surface area is 98.0 Å². The molecule has 0 bridgehead atoms. The first-order valence-electron chi connectivity index (χ1n) is 6.19. The summed E-state index contributed by atoms with van der Waals surface area (Å²) in [5.74, 6) is 0.941. The second-order valence-electron chi connectivity index (χ2n) is 5.66. The Bertz CT molecular complexity index is 163. The van der Waals surface area contributed by atoms with Gasteiger partial charge in [0.25, 0.3) is 0 Å². The summed E-state index contributed by atoms with van der Waals surface area (Å²) in [5, 5.41) is 0. The summed E-state index contributed by atoms with van der Waals surface area (Å²) in [4.78, 5) is 0.779. The molecule has 0 aromatic heterocycles. The highest BCUT2D eigenvalue weighted by atomic mass is 79.9. The van der Waals surface area contributed by atoms with Gasteiger partial charge in [0, 0.05) is 4.83 Å². The van der Waals surface area contributed by atoms with Crippen molar-refractivity contribution in [3.63, 3.8) is 0 Å². The van der Waals surface area contributed by atoms with Gasteiger partial charge in [-0.2, -0.15) is 0 Å². The van der Waals surface area contributed by atoms with E-state index in [1.807, 2.05) is 0 Å². The van der Waals surface area contributed by atoms with Gasteiger partial charge in [-0.15, -0.1) is 0 Å². The Hall–Kier alpha value is 0.480. The minimum Gasteiger partial charge on any atom is -0.0888 e. The molecule has 0 saturated heterocycles. The second-order valence-corrected chi connectivity index (χ2v) is 6.84. The summed E-state index contributed by atoms with van der Waals surface area (Å²) in [7, 11) is 0. The van der Waals surface area contributed by atoms with E-state index in [0.717, 1.165) is 10.7 Å². The summed E-state index contributed by atoms with van der Waals surface area (Å²) < 4.78 is 0. The van der Waals surface area contributed by atoms with Gasteiger partial charge >= 0.3 is 0 Å². The van der Waals surface area contributed by atoms with Crippen molar-refractivity contribution in [3.05, 3.63) is 0 Å². The molecule has 84 valence electrons. The molecular weight excluding hydrogens is 236 g/mol. The van der Waals surface area contributed by atoms with Crippen molar-refractivity contribution in [1.29, 1.82) is 0 Å². The van der Waals surface area contributed by atoms with Crippen molar-refractivity contribution in [2.75, 3.05) is 0 Å². The number of halogens is 1. The number of hydrogen-bond donors (Lipinski definition) is 0. The average molecular weight is 261 g/mol. The van der Waals surface area contributed by atoms with Gasteiger partial charge in [0.05, 0.1) is 0 Å². The fourth-order valence-corrected chi connectivity index (χ4v) is 3.55. The van der Waals surface area contributed by atoms with Crippen LogP contribution in [0.1, 0.15) is 65.7 Å². The van der Waals surface area contributed by atoms with Gasteiger partial charge in [-0.1, -0.05) is 49.5 Å². The fraction of sp³-hybridized carbons (Fsp3) is 1.00. The molecule has 2 unspecified atom stereocenters. The van der Waals surface area contributed by atoms with E-state index in [9.17, 15) is 0 Å². The van der Waals surface area contributed by atoms with Crippen molar-refractivity contribution >= 4 is 15.9 Å². The van der Waals surface area contributed by atoms with Gasteiger partial charge in [0.1, 0.15) is 0 Å². The molecule has 0 amide bonds. The number of hydrogen-bond acceptors (Lipinski definition) is 0. The first-order valence-corrected chi connectivity index (χ1v) is 7.11. The zero-order valence-corrected chi connectivity index (χ0v) is 11.6. The van der Waals surface area contributed by atoms with Crippen LogP contribution in [0.15, 0.2) is 0 Å². The van der Waals surface area contributed by atoms with Crippen molar-refractivity contribution in [3.8, 4) is 0 Å². The normalized spacial score (nSPS) is 29.6. The predicted octanol–water partition coefficient (Wildman–Crippen LogP) is 5.16. The van der Waals surface area contributed by atoms with Crippen LogP contribution in [0.5, 0.6) is 0 Å². The molecule has 1 heteroatoms. The topological polar surface area (TPSA) is 0 Å². The van der Waals surface area contributed by atoms with Crippen molar-refractivity contribution in [1.82, 2.24) is 0 Å². The Morgan fingerprint density at radius 3 is 2.64 bits per heavy atom. The fourth-order valence-electron chi connectivity index (χ4n) is 2.56. The molecular formula is C13H25Br. The quantitative estimate of drug-likeness (QED) is 0.486. The smallest absolute Gasteiger partial charge is 0.0174 e. The zero-order valence-electron chi connectivity index (χ0n) is 9.98. The lowest BCUT2D eigenvalue weighted by Crippen LogP contribution is -2.14. The lowest BCUT2D eigenvalue weighted by atomic mass is 9.84. The largest absolute Gasteiger partial charge is 0.0888 e. The third-order valence-electron chi connectivity index (χ3n) is 3.70. The van der Waals surface area contributed by atoms with Gasteiger partial charge in [-0.05, 0) is 43.4 Å². The molecule has 1 saturated carbocycles. The van der Waals surface area contributed by atoms with Crippen molar-refractivity contribution < 1.29 is 0 Å². The monoisotopic (exact) mass is 260 g/mol. The van der Waals surface area contributed by atoms with Crippen LogP contribution < -0.4 is 0 Å². The maximum atomic E-state index is 3.87. The minimum atomic E-state index is 0.605. The van der Waals surface area contributed by atoms with Crippen LogP contribution in [0.3, 0.4) is 0 Å². The predicted molar refractivity (Wildman–Crippen MR) is 68.0 cm³/mol. The highest BCUT2D eigenvalue weighted by Gasteiger charge is 2.27. The third kappa shape index (κ3) is 3.92. The Morgan fingerprint density at radius 1 is 1.29 bits per heavy atom. The number of rotatable bonds is 3. The van der Waals surface area contributed by atoms with Crippen molar-refractivity contribution in [2.45, 2.75) is 70.5 Å². The Kier molecular flexibility index (Phi) is 4.96. The molecule has 0 nitrogen and oxygen atoms in total. The van der Waals surface area contributed by atoms with Crippen LogP contribution in [0.4, 0.5) is 0 Å². The molecule has 1 fully saturated rings. The number of alkyl halides is 1. The van der Waals surface area contributed by atoms with E-state index < -0.39 is 0 Å². The van der Waals surface area contributed by atoms with E-state index in [2.05, 4.69) is 36.7 Å². The summed E-state index contributed by atoms with van der Waals surface area (Å²) >= 11 is 3.87. The van der Waals surface area contributed by atoms with Gasteiger partial charge in [-0.3, -0.25) is 0 Å². The SMILES string of the molecule is CCCC(Br)C1CCCC(C)(C)CC1. The van der Waals surface area contributed by atoms with Crippen LogP contribution in [0.2, 0.25) is 0 Å². The molecule has 0 aliphatic heterocycles. The Morgan fingerprint density at radius 2 is 2.00 bits per heavy atom. The lowest BCUT2D eigenvalue weighted by molar-refractivity contribution is 0.306. The summed E-state index contributed by atoms with van der Waals surface area (Å²) in [5.41, 5.74) is 0.605. The van der Waals surface area contributed by atoms with Crippen LogP contribution in [-0.2, 0) is 0 Å². The molecule has 14 heavy (non-hydrogen) atoms. The van der Waals surface area contributed by atoms with E-state index in [1.165, 1.54) is 44.9 Å². The van der Waals surface area contributed by atoms with E-state index >= 15 is 0 Å². The van der Waals surface area contributed by atoms with Crippen LogP contribution in [-0.4, -0.2) is 4.83 Å². The highest BCUT2D eigenvalue weighted by Crippen LogP contribution is 2.39. The highest BCUT2D eigenvalue weighted by molar-refractivity contribution is 9.09. The molecule has 1 rings (SSSR count). The van der Waals surface area contributed by atoms with Gasteiger partial charge in [-0.25, -0.2) is 0 Å². The summed E-state index contributed by atoms with van der Waals surface area (Å²) in [6, 6.07) is 0. The van der Waals surface area contributed by atoms with E-state index in [0.29, 0.717) is 5.41 Å². The molecule has 1 aliphatic rings. The van der Waals surface area contributed by atoms with Gasteiger partial charge in [0.2, 0.25) is 0 Å². The first-order chi connectivity index (χ1) is 6.55. The van der Waals surface area contributed by atoms with Gasteiger partial charge in [0.15, 0.2) is 0 Å². The zero-order chi connectivity index (χ0) is 10.6. The van der Waals surface area contributed by atoms with Crippen LogP contribution >= 0.6 is 15.9 Å². The van der Waals surface area contributed by atoms with E-state index in [1.54, 1.807) is 0 Å². The summed E-state index contributed by atoms with van der Waals surface area (Å²) in [6.07, 6.45) is 9.82. The molecule has 0 aromatic carbocycles. The van der Waals surface area contributed by atoms with Crippen molar-refractivity contribution in [2.24, 2.45) is 11.3 Å². The standard InChI is InChI=1S/C13H25Br/c1-4-6-12(14)11-7-5-9-13(2,3)10-8-11/h11-12H,4-10H2,1-3H3. The maximum Gasteiger partial charge on any atom is 0.0174 e. The maximum absolute atomic E-state index is 3.87. The third-order valence-corrected chi connectivity index (χ3v) is 4.90. The molecule has 0 radical (unpaired) electrons. The minimum absolute atomic E-state index is 0.605.